The van der Waals surface area contributed by atoms with Gasteiger partial charge in [-0.05, 0) is 30.7 Å². The topological polar surface area (TPSA) is 50.4 Å². The summed E-state index contributed by atoms with van der Waals surface area (Å²) in [6.45, 7) is 2.02. The number of rotatable bonds is 3. The molecule has 0 aromatic heterocycles. The maximum absolute atomic E-state index is 12.6. The molecule has 3 aromatic rings. The molecule has 4 rings (SSSR count). The van der Waals surface area contributed by atoms with Crippen LogP contribution >= 0.6 is 0 Å². The van der Waals surface area contributed by atoms with Crippen molar-refractivity contribution in [3.05, 3.63) is 95.6 Å². The molecule has 2 amide bonds. The van der Waals surface area contributed by atoms with E-state index in [0.29, 0.717) is 6.42 Å². The fourth-order valence-electron chi connectivity index (χ4n) is 3.39. The fraction of sp³-hybridized carbons (Fsp3) is 0.174. The van der Waals surface area contributed by atoms with E-state index in [1.54, 1.807) is 0 Å². The summed E-state index contributed by atoms with van der Waals surface area (Å²) in [5.74, 6) is 0.818. The van der Waals surface area contributed by atoms with Gasteiger partial charge >= 0.3 is 6.03 Å². The van der Waals surface area contributed by atoms with Gasteiger partial charge in [0, 0.05) is 17.7 Å². The average Bonchev–Trinajstić information content (AvgIpc) is 2.70. The molecule has 1 heterocycles. The smallest absolute Gasteiger partial charge is 0.319 e. The van der Waals surface area contributed by atoms with Crippen LogP contribution in [0.3, 0.4) is 0 Å². The number of amides is 2. The van der Waals surface area contributed by atoms with E-state index in [1.807, 2.05) is 73.7 Å². The monoisotopic (exact) mass is 358 g/mol. The molecule has 4 heteroatoms. The van der Waals surface area contributed by atoms with Crippen molar-refractivity contribution in [2.75, 3.05) is 5.32 Å². The first-order valence-electron chi connectivity index (χ1n) is 9.14. The molecular weight excluding hydrogens is 336 g/mol. The lowest BCUT2D eigenvalue weighted by Crippen LogP contribution is -2.36. The molecule has 0 saturated heterocycles. The zero-order valence-corrected chi connectivity index (χ0v) is 15.2. The number of carbonyl (C=O) groups is 1. The molecule has 0 aliphatic carbocycles. The zero-order chi connectivity index (χ0) is 18.6. The first-order valence-corrected chi connectivity index (χ1v) is 9.14. The summed E-state index contributed by atoms with van der Waals surface area (Å²) in [5.41, 5.74) is 4.05. The number of carbonyl (C=O) groups excluding carboxylic acids is 1. The molecule has 0 bridgehead atoms. The van der Waals surface area contributed by atoms with Crippen LogP contribution in [0.5, 0.6) is 5.75 Å². The second kappa shape index (κ2) is 7.54. The van der Waals surface area contributed by atoms with E-state index in [0.717, 1.165) is 28.1 Å². The van der Waals surface area contributed by atoms with Crippen LogP contribution in [0.25, 0.3) is 0 Å². The molecule has 4 nitrogen and oxygen atoms in total. The molecule has 0 radical (unpaired) electrons. The summed E-state index contributed by atoms with van der Waals surface area (Å²) >= 11 is 0. The minimum atomic E-state index is -0.215. The van der Waals surface area contributed by atoms with Gasteiger partial charge in [0.05, 0.1) is 6.04 Å². The third-order valence-electron chi connectivity index (χ3n) is 4.80. The highest BCUT2D eigenvalue weighted by Crippen LogP contribution is 2.40. The molecule has 1 aliphatic rings. The third-order valence-corrected chi connectivity index (χ3v) is 4.80. The SMILES string of the molecule is Cc1ccc(NC(=O)N[C@@H]2C[C@@H](c3ccccc3)Oc3ccccc32)cc1. The van der Waals surface area contributed by atoms with Gasteiger partial charge in [0.15, 0.2) is 0 Å². The molecule has 136 valence electrons. The van der Waals surface area contributed by atoms with Crippen molar-refractivity contribution in [2.24, 2.45) is 0 Å². The van der Waals surface area contributed by atoms with Gasteiger partial charge in [-0.2, -0.15) is 0 Å². The van der Waals surface area contributed by atoms with Crippen molar-refractivity contribution in [1.29, 1.82) is 0 Å². The first-order chi connectivity index (χ1) is 13.2. The Bertz CT molecular complexity index is 923. The van der Waals surface area contributed by atoms with Gasteiger partial charge in [0.25, 0.3) is 0 Å². The summed E-state index contributed by atoms with van der Waals surface area (Å²) in [6, 6.07) is 25.4. The van der Waals surface area contributed by atoms with Crippen molar-refractivity contribution >= 4 is 11.7 Å². The van der Waals surface area contributed by atoms with Crippen LogP contribution in [0.15, 0.2) is 78.9 Å². The zero-order valence-electron chi connectivity index (χ0n) is 15.2. The minimum Gasteiger partial charge on any atom is -0.485 e. The number of benzene rings is 3. The minimum absolute atomic E-state index is 0.0919. The molecule has 2 N–H and O–H groups in total. The lowest BCUT2D eigenvalue weighted by Gasteiger charge is -2.33. The maximum Gasteiger partial charge on any atom is 0.319 e. The predicted molar refractivity (Wildman–Crippen MR) is 107 cm³/mol. The molecule has 27 heavy (non-hydrogen) atoms. The molecule has 1 aliphatic heterocycles. The lowest BCUT2D eigenvalue weighted by molar-refractivity contribution is 0.153. The van der Waals surface area contributed by atoms with Crippen molar-refractivity contribution < 1.29 is 9.53 Å². The Labute approximate surface area is 159 Å². The predicted octanol–water partition coefficient (Wildman–Crippen LogP) is 5.38. The van der Waals surface area contributed by atoms with Gasteiger partial charge in [0.2, 0.25) is 0 Å². The van der Waals surface area contributed by atoms with E-state index in [9.17, 15) is 4.79 Å². The molecule has 0 spiro atoms. The highest BCUT2D eigenvalue weighted by Gasteiger charge is 2.30. The fourth-order valence-corrected chi connectivity index (χ4v) is 3.39. The second-order valence-corrected chi connectivity index (χ2v) is 6.81. The summed E-state index contributed by atoms with van der Waals surface area (Å²) in [6.07, 6.45) is 0.591. The van der Waals surface area contributed by atoms with E-state index in [4.69, 9.17) is 4.74 Å². The van der Waals surface area contributed by atoms with Gasteiger partial charge < -0.3 is 15.4 Å². The number of para-hydroxylation sites is 1. The number of nitrogens with one attached hydrogen (secondary N) is 2. The summed E-state index contributed by atoms with van der Waals surface area (Å²) in [5, 5.41) is 6.02. The number of hydrogen-bond acceptors (Lipinski definition) is 2. The number of anilines is 1. The highest BCUT2D eigenvalue weighted by atomic mass is 16.5. The summed E-state index contributed by atoms with van der Waals surface area (Å²) < 4.78 is 6.19. The normalized spacial score (nSPS) is 18.1. The molecule has 3 aromatic carbocycles. The van der Waals surface area contributed by atoms with Crippen LogP contribution < -0.4 is 15.4 Å². The van der Waals surface area contributed by atoms with Crippen molar-refractivity contribution in [2.45, 2.75) is 25.5 Å². The van der Waals surface area contributed by atoms with Crippen LogP contribution in [-0.2, 0) is 0 Å². The maximum atomic E-state index is 12.6. The first kappa shape index (κ1) is 17.2. The molecule has 0 fully saturated rings. The number of hydrogen-bond donors (Lipinski definition) is 2. The van der Waals surface area contributed by atoms with Gasteiger partial charge in [-0.15, -0.1) is 0 Å². The molecule has 2 atom stereocenters. The van der Waals surface area contributed by atoms with Gasteiger partial charge in [-0.25, -0.2) is 4.79 Å². The molecular formula is C23H22N2O2. The van der Waals surface area contributed by atoms with Crippen LogP contribution in [0.4, 0.5) is 10.5 Å². The van der Waals surface area contributed by atoms with Crippen molar-refractivity contribution in [1.82, 2.24) is 5.32 Å². The average molecular weight is 358 g/mol. The highest BCUT2D eigenvalue weighted by molar-refractivity contribution is 5.89. The van der Waals surface area contributed by atoms with Gasteiger partial charge in [-0.1, -0.05) is 66.2 Å². The number of urea groups is 1. The standard InChI is InChI=1S/C23H22N2O2/c1-16-11-13-18(14-12-16)24-23(26)25-20-15-22(17-7-3-2-4-8-17)27-21-10-6-5-9-19(20)21/h2-14,20,22H,15H2,1H3,(H2,24,25,26)/t20-,22+/m1/s1. The van der Waals surface area contributed by atoms with Gasteiger partial charge in [-0.3, -0.25) is 0 Å². The Morgan fingerprint density at radius 2 is 1.63 bits per heavy atom. The van der Waals surface area contributed by atoms with Crippen LogP contribution in [0, 0.1) is 6.92 Å². The Morgan fingerprint density at radius 1 is 0.926 bits per heavy atom. The second-order valence-electron chi connectivity index (χ2n) is 6.81. The Kier molecular flexibility index (Phi) is 4.79. The Balaban J connectivity index is 1.53. The summed E-state index contributed by atoms with van der Waals surface area (Å²) in [7, 11) is 0. The number of fused-ring (bicyclic) bond motifs is 1. The van der Waals surface area contributed by atoms with E-state index in [-0.39, 0.29) is 18.2 Å². The number of aryl methyl sites for hydroxylation is 1. The van der Waals surface area contributed by atoms with Crippen molar-refractivity contribution in [3.8, 4) is 5.75 Å². The quantitative estimate of drug-likeness (QED) is 0.660. The van der Waals surface area contributed by atoms with Crippen LogP contribution in [0.2, 0.25) is 0 Å². The van der Waals surface area contributed by atoms with E-state index >= 15 is 0 Å². The largest absolute Gasteiger partial charge is 0.485 e. The van der Waals surface area contributed by atoms with Crippen LogP contribution in [-0.4, -0.2) is 6.03 Å². The Morgan fingerprint density at radius 3 is 2.41 bits per heavy atom. The lowest BCUT2D eigenvalue weighted by atomic mass is 9.93. The number of ether oxygens (including phenoxy) is 1. The molecule has 0 saturated carbocycles. The van der Waals surface area contributed by atoms with E-state index < -0.39 is 0 Å². The molecule has 0 unspecified atom stereocenters. The summed E-state index contributed by atoms with van der Waals surface area (Å²) in [4.78, 5) is 12.6. The van der Waals surface area contributed by atoms with Crippen LogP contribution in [0.1, 0.15) is 35.3 Å². The van der Waals surface area contributed by atoms with E-state index in [2.05, 4.69) is 22.8 Å². The Hall–Kier alpha value is -3.27. The van der Waals surface area contributed by atoms with E-state index in [1.165, 1.54) is 0 Å². The van der Waals surface area contributed by atoms with Gasteiger partial charge in [0.1, 0.15) is 11.9 Å². The van der Waals surface area contributed by atoms with Crippen molar-refractivity contribution in [3.63, 3.8) is 0 Å². The third kappa shape index (κ3) is 3.95.